The molecule has 1 aromatic rings. The van der Waals surface area contributed by atoms with Crippen molar-refractivity contribution in [1.29, 1.82) is 5.26 Å². The summed E-state index contributed by atoms with van der Waals surface area (Å²) in [4.78, 5) is 0. The zero-order valence-electron chi connectivity index (χ0n) is 9.28. The molecule has 1 aromatic carbocycles. The van der Waals surface area contributed by atoms with Gasteiger partial charge in [-0.1, -0.05) is 24.3 Å². The molecular weight excluding hydrogens is 220 g/mol. The van der Waals surface area contributed by atoms with E-state index < -0.39 is 0 Å². The fourth-order valence-corrected chi connectivity index (χ4v) is 2.24. The summed E-state index contributed by atoms with van der Waals surface area (Å²) in [5.41, 5.74) is 3.01. The second kappa shape index (κ2) is 6.52. The second-order valence-corrected chi connectivity index (χ2v) is 4.16. The Balaban J connectivity index is 0.00000128. The molecule has 0 spiro atoms. The summed E-state index contributed by atoms with van der Waals surface area (Å²) in [5, 5.41) is 11.8. The van der Waals surface area contributed by atoms with Crippen LogP contribution in [0.4, 0.5) is 0 Å². The van der Waals surface area contributed by atoms with E-state index in [1.807, 2.05) is 0 Å². The predicted octanol–water partition coefficient (Wildman–Crippen LogP) is 2.33. The van der Waals surface area contributed by atoms with Crippen molar-refractivity contribution in [2.24, 2.45) is 5.92 Å². The van der Waals surface area contributed by atoms with E-state index in [0.717, 1.165) is 19.0 Å². The van der Waals surface area contributed by atoms with Crippen molar-refractivity contribution in [2.75, 3.05) is 13.1 Å². The number of nitrogens with one attached hydrogen (secondary N) is 1. The van der Waals surface area contributed by atoms with Crippen LogP contribution in [0.5, 0.6) is 0 Å². The van der Waals surface area contributed by atoms with Crippen LogP contribution in [0.25, 0.3) is 0 Å². The van der Waals surface area contributed by atoms with Gasteiger partial charge in [0.1, 0.15) is 0 Å². The topological polar surface area (TPSA) is 35.8 Å². The average Bonchev–Trinajstić information content (AvgIpc) is 2.67. The van der Waals surface area contributed by atoms with Gasteiger partial charge in [0.25, 0.3) is 0 Å². The SMILES string of the molecule is Cl.N#CCCNCC1Cc2ccccc2C1. The number of hydrogen-bond donors (Lipinski definition) is 1. The van der Waals surface area contributed by atoms with Crippen molar-refractivity contribution >= 4 is 12.4 Å². The van der Waals surface area contributed by atoms with E-state index in [4.69, 9.17) is 5.26 Å². The Kier molecular flexibility index (Phi) is 5.31. The van der Waals surface area contributed by atoms with E-state index in [2.05, 4.69) is 35.7 Å². The highest BCUT2D eigenvalue weighted by Crippen LogP contribution is 2.25. The molecule has 0 saturated heterocycles. The number of fused-ring (bicyclic) bond motifs is 1. The fraction of sp³-hybridized carbons (Fsp3) is 0.462. The third-order valence-electron chi connectivity index (χ3n) is 2.98. The van der Waals surface area contributed by atoms with Gasteiger partial charge < -0.3 is 5.32 Å². The molecule has 0 amide bonds. The van der Waals surface area contributed by atoms with Gasteiger partial charge in [0.15, 0.2) is 0 Å². The Morgan fingerprint density at radius 3 is 2.44 bits per heavy atom. The first-order valence-corrected chi connectivity index (χ1v) is 5.54. The molecule has 86 valence electrons. The van der Waals surface area contributed by atoms with E-state index in [-0.39, 0.29) is 12.4 Å². The second-order valence-electron chi connectivity index (χ2n) is 4.16. The number of benzene rings is 1. The van der Waals surface area contributed by atoms with Crippen molar-refractivity contribution in [1.82, 2.24) is 5.32 Å². The normalized spacial score (nSPS) is 13.9. The van der Waals surface area contributed by atoms with Crippen LogP contribution >= 0.6 is 12.4 Å². The van der Waals surface area contributed by atoms with Crippen molar-refractivity contribution in [2.45, 2.75) is 19.3 Å². The predicted molar refractivity (Wildman–Crippen MR) is 67.7 cm³/mol. The van der Waals surface area contributed by atoms with Crippen LogP contribution < -0.4 is 5.32 Å². The van der Waals surface area contributed by atoms with E-state index >= 15 is 0 Å². The molecule has 1 N–H and O–H groups in total. The molecule has 1 aliphatic carbocycles. The number of rotatable bonds is 4. The van der Waals surface area contributed by atoms with Gasteiger partial charge in [0, 0.05) is 13.0 Å². The zero-order valence-corrected chi connectivity index (χ0v) is 10.1. The van der Waals surface area contributed by atoms with E-state index in [1.165, 1.54) is 24.0 Å². The molecule has 0 saturated carbocycles. The van der Waals surface area contributed by atoms with Crippen LogP contribution in [-0.2, 0) is 12.8 Å². The monoisotopic (exact) mass is 236 g/mol. The highest BCUT2D eigenvalue weighted by Gasteiger charge is 2.19. The summed E-state index contributed by atoms with van der Waals surface area (Å²) in [6, 6.07) is 10.8. The first-order chi connectivity index (χ1) is 7.40. The van der Waals surface area contributed by atoms with Crippen molar-refractivity contribution in [3.63, 3.8) is 0 Å². The minimum Gasteiger partial charge on any atom is -0.315 e. The van der Waals surface area contributed by atoms with Crippen molar-refractivity contribution in [3.05, 3.63) is 35.4 Å². The molecule has 2 rings (SSSR count). The van der Waals surface area contributed by atoms with Crippen LogP contribution in [0, 0.1) is 17.2 Å². The fourth-order valence-electron chi connectivity index (χ4n) is 2.24. The maximum atomic E-state index is 8.41. The molecule has 0 radical (unpaired) electrons. The average molecular weight is 237 g/mol. The summed E-state index contributed by atoms with van der Waals surface area (Å²) in [5.74, 6) is 0.723. The standard InChI is InChI=1S/C13H16N2.ClH/c14-6-3-7-15-10-11-8-12-4-1-2-5-13(12)9-11;/h1-2,4-5,11,15H,3,7-10H2;1H. The Morgan fingerprint density at radius 1 is 1.25 bits per heavy atom. The molecule has 0 bridgehead atoms. The number of halogens is 1. The molecule has 16 heavy (non-hydrogen) atoms. The Labute approximate surface area is 103 Å². The molecule has 3 heteroatoms. The quantitative estimate of drug-likeness (QED) is 0.815. The molecular formula is C13H17ClN2. The summed E-state index contributed by atoms with van der Waals surface area (Å²) in [6.45, 7) is 1.86. The maximum absolute atomic E-state index is 8.41. The van der Waals surface area contributed by atoms with Gasteiger partial charge in [-0.2, -0.15) is 5.26 Å². The molecule has 0 atom stereocenters. The van der Waals surface area contributed by atoms with Crippen LogP contribution in [0.2, 0.25) is 0 Å². The highest BCUT2D eigenvalue weighted by atomic mass is 35.5. The van der Waals surface area contributed by atoms with E-state index in [9.17, 15) is 0 Å². The number of nitrogens with zero attached hydrogens (tertiary/aromatic N) is 1. The molecule has 0 fully saturated rings. The first-order valence-electron chi connectivity index (χ1n) is 5.54. The minimum absolute atomic E-state index is 0. The molecule has 1 aliphatic rings. The van der Waals surface area contributed by atoms with Crippen LogP contribution in [0.3, 0.4) is 0 Å². The smallest absolute Gasteiger partial charge is 0.0635 e. The maximum Gasteiger partial charge on any atom is 0.0635 e. The first kappa shape index (κ1) is 13.0. The van der Waals surface area contributed by atoms with Crippen molar-refractivity contribution in [3.8, 4) is 6.07 Å². The summed E-state index contributed by atoms with van der Waals surface area (Å²) >= 11 is 0. The van der Waals surface area contributed by atoms with Crippen molar-refractivity contribution < 1.29 is 0 Å². The number of nitriles is 1. The Morgan fingerprint density at radius 2 is 1.88 bits per heavy atom. The highest BCUT2D eigenvalue weighted by molar-refractivity contribution is 5.85. The zero-order chi connectivity index (χ0) is 10.5. The largest absolute Gasteiger partial charge is 0.315 e. The lowest BCUT2D eigenvalue weighted by Gasteiger charge is -2.08. The van der Waals surface area contributed by atoms with Gasteiger partial charge in [0.2, 0.25) is 0 Å². The molecule has 0 aromatic heterocycles. The lowest BCUT2D eigenvalue weighted by Crippen LogP contribution is -2.23. The number of hydrogen-bond acceptors (Lipinski definition) is 2. The minimum atomic E-state index is 0. The van der Waals surface area contributed by atoms with Gasteiger partial charge in [-0.3, -0.25) is 0 Å². The van der Waals surface area contributed by atoms with Gasteiger partial charge in [0.05, 0.1) is 6.07 Å². The Bertz CT molecular complexity index is 345. The molecule has 2 nitrogen and oxygen atoms in total. The summed E-state index contributed by atoms with van der Waals surface area (Å²) < 4.78 is 0. The summed E-state index contributed by atoms with van der Waals surface area (Å²) in [7, 11) is 0. The lowest BCUT2D eigenvalue weighted by atomic mass is 10.1. The van der Waals surface area contributed by atoms with Gasteiger partial charge >= 0.3 is 0 Å². The van der Waals surface area contributed by atoms with E-state index in [1.54, 1.807) is 0 Å². The Hall–Kier alpha value is -1.04. The van der Waals surface area contributed by atoms with Crippen LogP contribution in [0.1, 0.15) is 17.5 Å². The van der Waals surface area contributed by atoms with Gasteiger partial charge in [-0.15, -0.1) is 12.4 Å². The lowest BCUT2D eigenvalue weighted by molar-refractivity contribution is 0.502. The third-order valence-corrected chi connectivity index (χ3v) is 2.98. The van der Waals surface area contributed by atoms with E-state index in [0.29, 0.717) is 6.42 Å². The third kappa shape index (κ3) is 3.23. The van der Waals surface area contributed by atoms with Crippen LogP contribution in [0.15, 0.2) is 24.3 Å². The molecule has 0 heterocycles. The van der Waals surface area contributed by atoms with Crippen LogP contribution in [-0.4, -0.2) is 13.1 Å². The van der Waals surface area contributed by atoms with Gasteiger partial charge in [-0.05, 0) is 36.4 Å². The summed E-state index contributed by atoms with van der Waals surface area (Å²) in [6.07, 6.45) is 2.99. The van der Waals surface area contributed by atoms with Gasteiger partial charge in [-0.25, -0.2) is 0 Å². The molecule has 0 aliphatic heterocycles. The molecule has 0 unspecified atom stereocenters.